The molecule has 1 saturated carbocycles. The van der Waals surface area contributed by atoms with Gasteiger partial charge in [-0.1, -0.05) is 49.1 Å². The van der Waals surface area contributed by atoms with Gasteiger partial charge in [0.15, 0.2) is 21.5 Å². The van der Waals surface area contributed by atoms with Crippen LogP contribution in [0.4, 0.5) is 8.78 Å². The second-order valence-corrected chi connectivity index (χ2v) is 11.6. The molecule has 0 saturated heterocycles. The number of nitrogens with zero attached hydrogens (tertiary/aromatic N) is 2. The monoisotopic (exact) mass is 514 g/mol. The molecular formula is C27H25ClF2N2O2S. The lowest BCUT2D eigenvalue weighted by Gasteiger charge is -2.32. The SMILES string of the molecule is O=S(=O)(CC(C1CCCCC1)n1c(-c2ccc(Cl)cc2)nc2cc(F)c(F)cc21)c1ccccc1. The van der Waals surface area contributed by atoms with E-state index in [1.165, 1.54) is 0 Å². The van der Waals surface area contributed by atoms with E-state index in [9.17, 15) is 17.2 Å². The third-order valence-corrected chi connectivity index (χ3v) is 8.87. The summed E-state index contributed by atoms with van der Waals surface area (Å²) in [5.41, 5.74) is 1.36. The summed E-state index contributed by atoms with van der Waals surface area (Å²) in [6.45, 7) is 0. The molecule has 1 aliphatic carbocycles. The first-order chi connectivity index (χ1) is 16.8. The first kappa shape index (κ1) is 23.9. The average molecular weight is 515 g/mol. The van der Waals surface area contributed by atoms with Crippen LogP contribution in [0.15, 0.2) is 71.6 Å². The van der Waals surface area contributed by atoms with Crippen molar-refractivity contribution in [2.24, 2.45) is 5.92 Å². The smallest absolute Gasteiger partial charge is 0.180 e. The van der Waals surface area contributed by atoms with Crippen molar-refractivity contribution >= 4 is 32.5 Å². The number of aromatic nitrogens is 2. The van der Waals surface area contributed by atoms with E-state index in [1.54, 1.807) is 54.6 Å². The van der Waals surface area contributed by atoms with E-state index in [0.29, 0.717) is 21.9 Å². The maximum Gasteiger partial charge on any atom is 0.180 e. The van der Waals surface area contributed by atoms with Crippen molar-refractivity contribution in [1.82, 2.24) is 9.55 Å². The Morgan fingerprint density at radius 1 is 0.943 bits per heavy atom. The highest BCUT2D eigenvalue weighted by Crippen LogP contribution is 2.40. The fourth-order valence-corrected chi connectivity index (χ4v) is 6.88. The van der Waals surface area contributed by atoms with Gasteiger partial charge in [-0.05, 0) is 55.2 Å². The maximum atomic E-state index is 14.4. The van der Waals surface area contributed by atoms with E-state index in [-0.39, 0.29) is 22.1 Å². The normalized spacial score (nSPS) is 16.0. The van der Waals surface area contributed by atoms with E-state index >= 15 is 0 Å². The van der Waals surface area contributed by atoms with Gasteiger partial charge in [0.05, 0.1) is 27.7 Å². The molecule has 0 aliphatic heterocycles. The predicted octanol–water partition coefficient (Wildman–Crippen LogP) is 7.23. The molecule has 1 aromatic heterocycles. The van der Waals surface area contributed by atoms with E-state index in [0.717, 1.165) is 44.2 Å². The van der Waals surface area contributed by atoms with Crippen molar-refractivity contribution in [3.63, 3.8) is 0 Å². The van der Waals surface area contributed by atoms with E-state index < -0.39 is 27.5 Å². The third kappa shape index (κ3) is 4.84. The zero-order valence-electron chi connectivity index (χ0n) is 19.0. The molecule has 4 nitrogen and oxygen atoms in total. The minimum Gasteiger partial charge on any atom is -0.319 e. The number of hydrogen-bond acceptors (Lipinski definition) is 3. The molecule has 0 amide bonds. The fraction of sp³-hybridized carbons (Fsp3) is 0.296. The molecular weight excluding hydrogens is 490 g/mol. The molecule has 3 aromatic carbocycles. The minimum atomic E-state index is -3.67. The van der Waals surface area contributed by atoms with Gasteiger partial charge in [0, 0.05) is 22.7 Å². The van der Waals surface area contributed by atoms with E-state index in [4.69, 9.17) is 11.6 Å². The number of halogens is 3. The Morgan fingerprint density at radius 2 is 1.60 bits per heavy atom. The number of hydrogen-bond donors (Lipinski definition) is 0. The lowest BCUT2D eigenvalue weighted by Crippen LogP contribution is -2.29. The summed E-state index contributed by atoms with van der Waals surface area (Å²) in [7, 11) is -3.67. The van der Waals surface area contributed by atoms with Gasteiger partial charge in [0.1, 0.15) is 5.82 Å². The Labute approximate surface area is 208 Å². The van der Waals surface area contributed by atoms with Crippen molar-refractivity contribution in [1.29, 1.82) is 0 Å². The quantitative estimate of drug-likeness (QED) is 0.273. The molecule has 0 bridgehead atoms. The van der Waals surface area contributed by atoms with Crippen LogP contribution in [0, 0.1) is 17.6 Å². The molecule has 8 heteroatoms. The molecule has 1 aliphatic rings. The van der Waals surface area contributed by atoms with Gasteiger partial charge >= 0.3 is 0 Å². The minimum absolute atomic E-state index is 0.0544. The Bertz CT molecular complexity index is 1450. The van der Waals surface area contributed by atoms with Crippen LogP contribution >= 0.6 is 11.6 Å². The number of rotatable bonds is 6. The number of sulfone groups is 1. The first-order valence-electron chi connectivity index (χ1n) is 11.7. The summed E-state index contributed by atoms with van der Waals surface area (Å²) in [4.78, 5) is 4.90. The maximum absolute atomic E-state index is 14.4. The van der Waals surface area contributed by atoms with Gasteiger partial charge in [-0.25, -0.2) is 22.2 Å². The molecule has 1 unspecified atom stereocenters. The highest BCUT2D eigenvalue weighted by atomic mass is 35.5. The molecule has 0 N–H and O–H groups in total. The van der Waals surface area contributed by atoms with Crippen LogP contribution in [0.1, 0.15) is 38.1 Å². The Hall–Kier alpha value is -2.77. The van der Waals surface area contributed by atoms with Gasteiger partial charge in [-0.2, -0.15) is 0 Å². The average Bonchev–Trinajstić information content (AvgIpc) is 3.22. The van der Waals surface area contributed by atoms with Gasteiger partial charge in [0.25, 0.3) is 0 Å². The Balaban J connectivity index is 1.73. The number of imidazole rings is 1. The lowest BCUT2D eigenvalue weighted by atomic mass is 9.84. The van der Waals surface area contributed by atoms with E-state index in [2.05, 4.69) is 4.98 Å². The summed E-state index contributed by atoms with van der Waals surface area (Å²) in [5.74, 6) is -1.61. The molecule has 1 fully saturated rings. The largest absolute Gasteiger partial charge is 0.319 e. The van der Waals surface area contributed by atoms with Crippen LogP contribution in [0.5, 0.6) is 0 Å². The number of fused-ring (bicyclic) bond motifs is 1. The van der Waals surface area contributed by atoms with Crippen molar-refractivity contribution < 1.29 is 17.2 Å². The molecule has 1 heterocycles. The van der Waals surface area contributed by atoms with Crippen LogP contribution in [0.3, 0.4) is 0 Å². The van der Waals surface area contributed by atoms with Crippen LogP contribution in [-0.4, -0.2) is 23.7 Å². The highest BCUT2D eigenvalue weighted by molar-refractivity contribution is 7.91. The summed E-state index contributed by atoms with van der Waals surface area (Å²) in [5, 5.41) is 0.545. The van der Waals surface area contributed by atoms with Crippen molar-refractivity contribution in [3.8, 4) is 11.4 Å². The van der Waals surface area contributed by atoms with Crippen LogP contribution < -0.4 is 0 Å². The Morgan fingerprint density at radius 3 is 2.29 bits per heavy atom. The van der Waals surface area contributed by atoms with Crippen LogP contribution in [0.25, 0.3) is 22.4 Å². The zero-order chi connectivity index (χ0) is 24.6. The standard InChI is InChI=1S/C27H25ClF2N2O2S/c28-20-13-11-19(12-14-20)27-31-24-15-22(29)23(30)16-25(24)32(27)26(18-7-3-1-4-8-18)17-35(33,34)21-9-5-2-6-10-21/h2,5-6,9-16,18,26H,1,3-4,7-8,17H2. The summed E-state index contributed by atoms with van der Waals surface area (Å²) >= 11 is 6.09. The first-order valence-corrected chi connectivity index (χ1v) is 13.8. The second kappa shape index (κ2) is 9.70. The molecule has 0 spiro atoms. The number of benzene rings is 3. The summed E-state index contributed by atoms with van der Waals surface area (Å²) < 4.78 is 57.5. The topological polar surface area (TPSA) is 52.0 Å². The van der Waals surface area contributed by atoms with Gasteiger partial charge in [-0.3, -0.25) is 0 Å². The van der Waals surface area contributed by atoms with Crippen LogP contribution in [0.2, 0.25) is 5.02 Å². The lowest BCUT2D eigenvalue weighted by molar-refractivity contribution is 0.270. The van der Waals surface area contributed by atoms with Gasteiger partial charge in [-0.15, -0.1) is 0 Å². The van der Waals surface area contributed by atoms with Gasteiger partial charge in [0.2, 0.25) is 0 Å². The van der Waals surface area contributed by atoms with Crippen molar-refractivity contribution in [3.05, 3.63) is 83.4 Å². The molecule has 182 valence electrons. The molecule has 1 atom stereocenters. The van der Waals surface area contributed by atoms with Crippen molar-refractivity contribution in [2.45, 2.75) is 43.0 Å². The molecule has 5 rings (SSSR count). The third-order valence-electron chi connectivity index (χ3n) is 6.85. The van der Waals surface area contributed by atoms with Crippen LogP contribution in [-0.2, 0) is 9.84 Å². The summed E-state index contributed by atoms with van der Waals surface area (Å²) in [6, 6.07) is 17.1. The summed E-state index contributed by atoms with van der Waals surface area (Å²) in [6.07, 6.45) is 4.82. The zero-order valence-corrected chi connectivity index (χ0v) is 20.6. The molecule has 35 heavy (non-hydrogen) atoms. The van der Waals surface area contributed by atoms with Gasteiger partial charge < -0.3 is 4.57 Å². The Kier molecular flexibility index (Phi) is 6.64. The predicted molar refractivity (Wildman–Crippen MR) is 134 cm³/mol. The second-order valence-electron chi connectivity index (χ2n) is 9.13. The molecule has 4 aromatic rings. The fourth-order valence-electron chi connectivity index (χ4n) is 5.12. The highest BCUT2D eigenvalue weighted by Gasteiger charge is 2.33. The van der Waals surface area contributed by atoms with Crippen molar-refractivity contribution in [2.75, 3.05) is 5.75 Å². The molecule has 0 radical (unpaired) electrons. The van der Waals surface area contributed by atoms with E-state index in [1.807, 2.05) is 4.57 Å².